The van der Waals surface area contributed by atoms with Crippen LogP contribution in [0, 0.1) is 5.41 Å². The fourth-order valence-corrected chi connectivity index (χ4v) is 3.78. The van der Waals surface area contributed by atoms with Crippen molar-refractivity contribution in [2.75, 3.05) is 0 Å². The Morgan fingerprint density at radius 2 is 2.14 bits per heavy atom. The summed E-state index contributed by atoms with van der Waals surface area (Å²) in [6.07, 6.45) is 2.09. The van der Waals surface area contributed by atoms with E-state index in [1.54, 1.807) is 22.5 Å². The second kappa shape index (κ2) is 5.34. The van der Waals surface area contributed by atoms with Crippen LogP contribution in [0.2, 0.25) is 0 Å². The van der Waals surface area contributed by atoms with Crippen LogP contribution in [0.15, 0.2) is 40.3 Å². The highest BCUT2D eigenvalue weighted by molar-refractivity contribution is 7.09. The summed E-state index contributed by atoms with van der Waals surface area (Å²) in [6, 6.07) is 7.66. The minimum Gasteiger partial charge on any atom is -0.467 e. The van der Waals surface area contributed by atoms with Crippen molar-refractivity contribution in [2.45, 2.75) is 30.8 Å². The molecule has 0 spiro atoms. The molecule has 1 amide bonds. The zero-order chi connectivity index (χ0) is 15.1. The van der Waals surface area contributed by atoms with Crippen LogP contribution in [0.3, 0.4) is 0 Å². The van der Waals surface area contributed by atoms with E-state index >= 15 is 0 Å². The first kappa shape index (κ1) is 14.9. The standard InChI is InChI=1S/C15H15Cl2NO2S/c1-14(10-15(14,16)17)13(19)18(8-11-4-2-6-20-11)9-12-5-3-7-21-12/h2-7H,8-10H2,1H3. The number of thiophene rings is 1. The molecular formula is C15H15Cl2NO2S. The van der Waals surface area contributed by atoms with Gasteiger partial charge in [-0.15, -0.1) is 34.5 Å². The van der Waals surface area contributed by atoms with E-state index in [0.717, 1.165) is 10.6 Å². The minimum absolute atomic E-state index is 0.0303. The van der Waals surface area contributed by atoms with Crippen LogP contribution in [0.5, 0.6) is 0 Å². The van der Waals surface area contributed by atoms with Gasteiger partial charge >= 0.3 is 0 Å². The highest BCUT2D eigenvalue weighted by Crippen LogP contribution is 2.64. The summed E-state index contributed by atoms with van der Waals surface area (Å²) in [5, 5.41) is 2.00. The molecule has 1 fully saturated rings. The molecule has 0 aliphatic heterocycles. The third kappa shape index (κ3) is 2.85. The molecule has 3 rings (SSSR count). The summed E-state index contributed by atoms with van der Waals surface area (Å²) in [7, 11) is 0. The molecule has 2 aromatic heterocycles. The Kier molecular flexibility index (Phi) is 3.80. The fourth-order valence-electron chi connectivity index (χ4n) is 2.36. The van der Waals surface area contributed by atoms with Crippen LogP contribution in [0.1, 0.15) is 24.0 Å². The van der Waals surface area contributed by atoms with Crippen LogP contribution in [-0.4, -0.2) is 15.1 Å². The van der Waals surface area contributed by atoms with Gasteiger partial charge in [0.25, 0.3) is 0 Å². The van der Waals surface area contributed by atoms with Crippen molar-refractivity contribution in [3.8, 4) is 0 Å². The van der Waals surface area contributed by atoms with E-state index in [1.807, 2.05) is 36.6 Å². The number of furan rings is 1. The third-order valence-corrected chi connectivity index (χ3v) is 5.83. The van der Waals surface area contributed by atoms with E-state index in [0.29, 0.717) is 19.5 Å². The third-order valence-electron chi connectivity index (χ3n) is 3.87. The van der Waals surface area contributed by atoms with Gasteiger partial charge in [0, 0.05) is 4.88 Å². The topological polar surface area (TPSA) is 33.5 Å². The number of halogens is 2. The molecule has 21 heavy (non-hydrogen) atoms. The second-order valence-corrected chi connectivity index (χ2v) is 8.05. The molecule has 0 bridgehead atoms. The Morgan fingerprint density at radius 3 is 2.67 bits per heavy atom. The molecular weight excluding hydrogens is 329 g/mol. The van der Waals surface area contributed by atoms with Crippen LogP contribution < -0.4 is 0 Å². The molecule has 0 N–H and O–H groups in total. The molecule has 1 aliphatic carbocycles. The SMILES string of the molecule is CC1(C(=O)N(Cc2ccco2)Cc2cccs2)CC1(Cl)Cl. The molecule has 0 aromatic carbocycles. The maximum Gasteiger partial charge on any atom is 0.232 e. The first-order valence-corrected chi connectivity index (χ1v) is 8.28. The molecule has 1 saturated carbocycles. The van der Waals surface area contributed by atoms with Gasteiger partial charge in [0.15, 0.2) is 0 Å². The highest BCUT2D eigenvalue weighted by Gasteiger charge is 2.68. The number of carbonyl (C=O) groups excluding carboxylic acids is 1. The monoisotopic (exact) mass is 343 g/mol. The molecule has 2 heterocycles. The second-order valence-electron chi connectivity index (χ2n) is 5.53. The number of rotatable bonds is 5. The Bertz CT molecular complexity index is 588. The summed E-state index contributed by atoms with van der Waals surface area (Å²) < 4.78 is 4.40. The van der Waals surface area contributed by atoms with Crippen molar-refractivity contribution in [2.24, 2.45) is 5.41 Å². The number of hydrogen-bond acceptors (Lipinski definition) is 3. The summed E-state index contributed by atoms with van der Waals surface area (Å²) in [5.74, 6) is 0.719. The normalized spacial score (nSPS) is 23.0. The van der Waals surface area contributed by atoms with E-state index < -0.39 is 9.75 Å². The van der Waals surface area contributed by atoms with Crippen LogP contribution in [0.4, 0.5) is 0 Å². The van der Waals surface area contributed by atoms with E-state index in [-0.39, 0.29) is 5.91 Å². The largest absolute Gasteiger partial charge is 0.467 e. The zero-order valence-corrected chi connectivity index (χ0v) is 13.8. The molecule has 0 radical (unpaired) electrons. The molecule has 3 nitrogen and oxygen atoms in total. The van der Waals surface area contributed by atoms with Gasteiger partial charge in [0.05, 0.1) is 24.8 Å². The first-order valence-electron chi connectivity index (χ1n) is 6.64. The number of amides is 1. The Morgan fingerprint density at radius 1 is 1.38 bits per heavy atom. The van der Waals surface area contributed by atoms with E-state index in [4.69, 9.17) is 27.6 Å². The van der Waals surface area contributed by atoms with Crippen molar-refractivity contribution in [1.29, 1.82) is 0 Å². The predicted octanol–water partition coefficient (Wildman–Crippen LogP) is 4.45. The summed E-state index contributed by atoms with van der Waals surface area (Å²) in [6.45, 7) is 2.78. The lowest BCUT2D eigenvalue weighted by Gasteiger charge is -2.25. The van der Waals surface area contributed by atoms with Crippen LogP contribution in [-0.2, 0) is 17.9 Å². The Balaban J connectivity index is 1.80. The minimum atomic E-state index is -0.957. The van der Waals surface area contributed by atoms with Crippen molar-refractivity contribution in [3.05, 3.63) is 46.5 Å². The first-order chi connectivity index (χ1) is 9.92. The van der Waals surface area contributed by atoms with Crippen LogP contribution in [0.25, 0.3) is 0 Å². The van der Waals surface area contributed by atoms with Gasteiger partial charge < -0.3 is 9.32 Å². The van der Waals surface area contributed by atoms with Crippen molar-refractivity contribution in [3.63, 3.8) is 0 Å². The van der Waals surface area contributed by atoms with Crippen molar-refractivity contribution in [1.82, 2.24) is 4.90 Å². The van der Waals surface area contributed by atoms with Crippen molar-refractivity contribution < 1.29 is 9.21 Å². The summed E-state index contributed by atoms with van der Waals surface area (Å²) in [4.78, 5) is 15.7. The van der Waals surface area contributed by atoms with E-state index in [2.05, 4.69) is 0 Å². The molecule has 0 saturated heterocycles. The van der Waals surface area contributed by atoms with Gasteiger partial charge in [0.1, 0.15) is 10.1 Å². The number of hydrogen-bond donors (Lipinski definition) is 0. The van der Waals surface area contributed by atoms with Gasteiger partial charge in [-0.3, -0.25) is 4.79 Å². The molecule has 1 unspecified atom stereocenters. The maximum atomic E-state index is 12.8. The van der Waals surface area contributed by atoms with Crippen LogP contribution >= 0.6 is 34.5 Å². The number of nitrogens with zero attached hydrogens (tertiary/aromatic N) is 1. The number of carbonyl (C=O) groups is 1. The number of alkyl halides is 2. The van der Waals surface area contributed by atoms with Gasteiger partial charge in [-0.2, -0.15) is 0 Å². The van der Waals surface area contributed by atoms with Gasteiger partial charge in [-0.25, -0.2) is 0 Å². The molecule has 1 atom stereocenters. The van der Waals surface area contributed by atoms with Gasteiger partial charge in [-0.05, 0) is 36.9 Å². The Labute approximate surface area is 137 Å². The summed E-state index contributed by atoms with van der Waals surface area (Å²) in [5.41, 5.74) is -0.708. The lowest BCUT2D eigenvalue weighted by molar-refractivity contribution is -0.138. The van der Waals surface area contributed by atoms with Gasteiger partial charge in [0.2, 0.25) is 5.91 Å². The molecule has 112 valence electrons. The molecule has 1 aliphatic rings. The van der Waals surface area contributed by atoms with E-state index in [1.165, 1.54) is 0 Å². The maximum absolute atomic E-state index is 12.8. The smallest absolute Gasteiger partial charge is 0.232 e. The lowest BCUT2D eigenvalue weighted by atomic mass is 10.1. The zero-order valence-electron chi connectivity index (χ0n) is 11.5. The predicted molar refractivity (Wildman–Crippen MR) is 84.4 cm³/mol. The summed E-state index contributed by atoms with van der Waals surface area (Å²) >= 11 is 13.9. The lowest BCUT2D eigenvalue weighted by Crippen LogP contribution is -2.37. The average Bonchev–Trinajstić information content (AvgIpc) is 2.95. The highest BCUT2D eigenvalue weighted by atomic mass is 35.5. The average molecular weight is 344 g/mol. The van der Waals surface area contributed by atoms with E-state index in [9.17, 15) is 4.79 Å². The Hall–Kier alpha value is -0.970. The van der Waals surface area contributed by atoms with Gasteiger partial charge in [-0.1, -0.05) is 6.07 Å². The molecule has 6 heteroatoms. The molecule has 2 aromatic rings. The quantitative estimate of drug-likeness (QED) is 0.751. The van der Waals surface area contributed by atoms with Crippen molar-refractivity contribution >= 4 is 40.4 Å². The fraction of sp³-hybridized carbons (Fsp3) is 0.400.